The Labute approximate surface area is 94.0 Å². The second-order valence-electron chi connectivity index (χ2n) is 4.44. The summed E-state index contributed by atoms with van der Waals surface area (Å²) >= 11 is 0. The summed E-state index contributed by atoms with van der Waals surface area (Å²) in [5.74, 6) is 0. The molecule has 1 atom stereocenters. The highest BCUT2D eigenvalue weighted by Crippen LogP contribution is 2.35. The molecule has 0 radical (unpaired) electrons. The van der Waals surface area contributed by atoms with Gasteiger partial charge < -0.3 is 10.8 Å². The van der Waals surface area contributed by atoms with Crippen molar-refractivity contribution in [3.63, 3.8) is 0 Å². The molecule has 1 rings (SSSR count). The fraction of sp³-hybridized carbons (Fsp3) is 0.455. The number of hydrogen-bond acceptors (Lipinski definition) is 4. The molecule has 0 aliphatic carbocycles. The highest BCUT2D eigenvalue weighted by molar-refractivity contribution is 5.42. The lowest BCUT2D eigenvalue weighted by atomic mass is 9.81. The number of nitro groups is 1. The van der Waals surface area contributed by atoms with E-state index in [0.717, 1.165) is 0 Å². The first-order valence-corrected chi connectivity index (χ1v) is 5.00. The van der Waals surface area contributed by atoms with Crippen molar-refractivity contribution >= 4 is 5.69 Å². The summed E-state index contributed by atoms with van der Waals surface area (Å²) in [6.07, 6.45) is 0. The van der Waals surface area contributed by atoms with Crippen molar-refractivity contribution in [2.45, 2.75) is 19.9 Å². The van der Waals surface area contributed by atoms with Gasteiger partial charge in [0.05, 0.1) is 4.92 Å². The van der Waals surface area contributed by atoms with E-state index in [1.165, 1.54) is 6.07 Å². The largest absolute Gasteiger partial charge is 0.396 e. The standard InChI is InChI=1S/C11H16N2O3/c1-11(2,7-14)10(12)8-5-3-4-6-9(8)13(15)16/h3-6,10,14H,7,12H2,1-2H3/t10-/m0/s1. The summed E-state index contributed by atoms with van der Waals surface area (Å²) in [6.45, 7) is 3.42. The third kappa shape index (κ3) is 2.37. The van der Waals surface area contributed by atoms with Crippen LogP contribution in [0.3, 0.4) is 0 Å². The molecule has 16 heavy (non-hydrogen) atoms. The number of para-hydroxylation sites is 1. The van der Waals surface area contributed by atoms with Gasteiger partial charge in [0.25, 0.3) is 5.69 Å². The summed E-state index contributed by atoms with van der Waals surface area (Å²) in [6, 6.07) is 5.78. The smallest absolute Gasteiger partial charge is 0.274 e. The van der Waals surface area contributed by atoms with Gasteiger partial charge in [-0.1, -0.05) is 32.0 Å². The number of nitrogens with two attached hydrogens (primary N) is 1. The fourth-order valence-electron chi connectivity index (χ4n) is 1.44. The van der Waals surface area contributed by atoms with Gasteiger partial charge in [-0.15, -0.1) is 0 Å². The average molecular weight is 224 g/mol. The van der Waals surface area contributed by atoms with Gasteiger partial charge in [0.2, 0.25) is 0 Å². The molecule has 0 saturated carbocycles. The van der Waals surface area contributed by atoms with Crippen molar-refractivity contribution < 1.29 is 10.0 Å². The lowest BCUT2D eigenvalue weighted by molar-refractivity contribution is -0.385. The van der Waals surface area contributed by atoms with Crippen LogP contribution in [0.5, 0.6) is 0 Å². The van der Waals surface area contributed by atoms with E-state index < -0.39 is 16.4 Å². The normalized spacial score (nSPS) is 13.5. The monoisotopic (exact) mass is 224 g/mol. The average Bonchev–Trinajstić information content (AvgIpc) is 2.28. The molecular formula is C11H16N2O3. The summed E-state index contributed by atoms with van der Waals surface area (Å²) in [7, 11) is 0. The molecule has 0 saturated heterocycles. The Morgan fingerprint density at radius 2 is 2.06 bits per heavy atom. The first-order chi connectivity index (χ1) is 7.40. The molecule has 0 bridgehead atoms. The predicted molar refractivity (Wildman–Crippen MR) is 60.9 cm³/mol. The first-order valence-electron chi connectivity index (χ1n) is 5.00. The molecule has 0 amide bonds. The maximum Gasteiger partial charge on any atom is 0.274 e. The highest BCUT2D eigenvalue weighted by atomic mass is 16.6. The molecule has 88 valence electrons. The maximum absolute atomic E-state index is 10.8. The maximum atomic E-state index is 10.8. The molecule has 0 fully saturated rings. The number of rotatable bonds is 4. The minimum atomic E-state index is -0.591. The van der Waals surface area contributed by atoms with Crippen LogP contribution in [0.4, 0.5) is 5.69 Å². The van der Waals surface area contributed by atoms with Gasteiger partial charge in [0.15, 0.2) is 0 Å². The van der Waals surface area contributed by atoms with E-state index in [2.05, 4.69) is 0 Å². The number of benzene rings is 1. The number of aliphatic hydroxyl groups excluding tert-OH is 1. The van der Waals surface area contributed by atoms with Gasteiger partial charge in [0.1, 0.15) is 0 Å². The van der Waals surface area contributed by atoms with Crippen LogP contribution in [0, 0.1) is 15.5 Å². The zero-order valence-electron chi connectivity index (χ0n) is 9.38. The second-order valence-corrected chi connectivity index (χ2v) is 4.44. The Kier molecular flexibility index (Phi) is 3.62. The Morgan fingerprint density at radius 3 is 2.56 bits per heavy atom. The Morgan fingerprint density at radius 1 is 1.50 bits per heavy atom. The lowest BCUT2D eigenvalue weighted by Crippen LogP contribution is -2.32. The number of hydrogen-bond donors (Lipinski definition) is 2. The molecule has 3 N–H and O–H groups in total. The Bertz CT molecular complexity index is 391. The van der Waals surface area contributed by atoms with Crippen LogP contribution < -0.4 is 5.73 Å². The van der Waals surface area contributed by atoms with Gasteiger partial charge in [-0.05, 0) is 0 Å². The predicted octanol–water partition coefficient (Wildman–Crippen LogP) is 1.61. The molecule has 0 aromatic heterocycles. The third-order valence-electron chi connectivity index (χ3n) is 2.72. The third-order valence-corrected chi connectivity index (χ3v) is 2.72. The molecule has 5 heteroatoms. The SMILES string of the molecule is CC(C)(CO)[C@@H](N)c1ccccc1[N+](=O)[O-]. The van der Waals surface area contributed by atoms with Crippen molar-refractivity contribution in [3.8, 4) is 0 Å². The fourth-order valence-corrected chi connectivity index (χ4v) is 1.44. The van der Waals surface area contributed by atoms with Gasteiger partial charge >= 0.3 is 0 Å². The van der Waals surface area contributed by atoms with Crippen LogP contribution in [0.15, 0.2) is 24.3 Å². The van der Waals surface area contributed by atoms with E-state index in [1.807, 2.05) is 0 Å². The van der Waals surface area contributed by atoms with E-state index in [-0.39, 0.29) is 12.3 Å². The van der Waals surface area contributed by atoms with E-state index in [0.29, 0.717) is 5.56 Å². The minimum Gasteiger partial charge on any atom is -0.396 e. The van der Waals surface area contributed by atoms with Crippen molar-refractivity contribution in [2.24, 2.45) is 11.1 Å². The van der Waals surface area contributed by atoms with Crippen molar-refractivity contribution in [1.82, 2.24) is 0 Å². The lowest BCUT2D eigenvalue weighted by Gasteiger charge is -2.29. The van der Waals surface area contributed by atoms with Crippen molar-refractivity contribution in [3.05, 3.63) is 39.9 Å². The molecule has 1 aromatic carbocycles. The Hall–Kier alpha value is -1.46. The summed E-state index contributed by atoms with van der Waals surface area (Å²) < 4.78 is 0. The summed E-state index contributed by atoms with van der Waals surface area (Å²) in [5, 5.41) is 20.0. The number of nitrogens with zero attached hydrogens (tertiary/aromatic N) is 1. The van der Waals surface area contributed by atoms with Gasteiger partial charge in [0, 0.05) is 29.7 Å². The molecule has 5 nitrogen and oxygen atoms in total. The molecular weight excluding hydrogens is 208 g/mol. The van der Waals surface area contributed by atoms with E-state index in [4.69, 9.17) is 5.73 Å². The molecule has 0 unspecified atom stereocenters. The van der Waals surface area contributed by atoms with Gasteiger partial charge in [-0.2, -0.15) is 0 Å². The van der Waals surface area contributed by atoms with Crippen LogP contribution in [-0.2, 0) is 0 Å². The zero-order chi connectivity index (χ0) is 12.3. The van der Waals surface area contributed by atoms with E-state index in [9.17, 15) is 15.2 Å². The van der Waals surface area contributed by atoms with Crippen LogP contribution in [-0.4, -0.2) is 16.6 Å². The molecule has 0 heterocycles. The quantitative estimate of drug-likeness (QED) is 0.600. The first kappa shape index (κ1) is 12.6. The number of nitro benzene ring substituents is 1. The minimum absolute atomic E-state index is 0.00322. The van der Waals surface area contributed by atoms with Crippen molar-refractivity contribution in [2.75, 3.05) is 6.61 Å². The van der Waals surface area contributed by atoms with E-state index >= 15 is 0 Å². The zero-order valence-corrected chi connectivity index (χ0v) is 9.38. The molecule has 1 aromatic rings. The summed E-state index contributed by atoms with van der Waals surface area (Å²) in [5.41, 5.74) is 5.81. The van der Waals surface area contributed by atoms with Crippen molar-refractivity contribution in [1.29, 1.82) is 0 Å². The molecule has 0 spiro atoms. The molecule has 0 aliphatic heterocycles. The van der Waals surface area contributed by atoms with Crippen LogP contribution in [0.1, 0.15) is 25.5 Å². The highest BCUT2D eigenvalue weighted by Gasteiger charge is 2.31. The second kappa shape index (κ2) is 4.59. The van der Waals surface area contributed by atoms with Gasteiger partial charge in [-0.25, -0.2) is 0 Å². The summed E-state index contributed by atoms with van der Waals surface area (Å²) in [4.78, 5) is 10.4. The van der Waals surface area contributed by atoms with E-state index in [1.54, 1.807) is 32.0 Å². The van der Waals surface area contributed by atoms with Gasteiger partial charge in [-0.3, -0.25) is 10.1 Å². The molecule has 0 aliphatic rings. The van der Waals surface area contributed by atoms with Crippen LogP contribution in [0.2, 0.25) is 0 Å². The Balaban J connectivity index is 3.18. The number of aliphatic hydroxyl groups is 1. The topological polar surface area (TPSA) is 89.4 Å². The van der Waals surface area contributed by atoms with Crippen LogP contribution in [0.25, 0.3) is 0 Å². The van der Waals surface area contributed by atoms with Crippen LogP contribution >= 0.6 is 0 Å².